The summed E-state index contributed by atoms with van der Waals surface area (Å²) in [7, 11) is -3.34. The summed E-state index contributed by atoms with van der Waals surface area (Å²) in [5.74, 6) is -0.540. The van der Waals surface area contributed by atoms with E-state index in [2.05, 4.69) is 15.6 Å². The minimum atomic E-state index is -3.34. The average Bonchev–Trinajstić information content (AvgIpc) is 3.48. The number of nitrogens with zero attached hydrogens (tertiary/aromatic N) is 2. The fraction of sp³-hybridized carbons (Fsp3) is 0.194. The Labute approximate surface area is 268 Å². The average molecular weight is 673 g/mol. The van der Waals surface area contributed by atoms with Crippen LogP contribution in [0.3, 0.4) is 0 Å². The molecule has 1 aromatic heterocycles. The number of sulfone groups is 1. The maximum atomic E-state index is 11.8. The first-order valence-corrected chi connectivity index (χ1v) is 16.1. The number of hydrogen-bond acceptors (Lipinski definition) is 10. The number of nitrogens with one attached hydrogen (secondary N) is 1. The molecule has 0 bridgehead atoms. The van der Waals surface area contributed by atoms with Gasteiger partial charge in [0.15, 0.2) is 9.84 Å². The predicted octanol–water partition coefficient (Wildman–Crippen LogP) is 5.29. The number of ether oxygens (including phenoxy) is 2. The lowest BCUT2D eigenvalue weighted by atomic mass is 10.0. The highest BCUT2D eigenvalue weighted by molar-refractivity contribution is 7.90. The Morgan fingerprint density at radius 1 is 0.933 bits per heavy atom. The van der Waals surface area contributed by atoms with Crippen LogP contribution in [-0.4, -0.2) is 53.8 Å². The largest absolute Gasteiger partial charge is 0.488 e. The van der Waals surface area contributed by atoms with E-state index in [1.54, 1.807) is 42.5 Å². The lowest BCUT2D eigenvalue weighted by Gasteiger charge is -2.18. The highest BCUT2D eigenvalue weighted by Gasteiger charge is 2.19. The van der Waals surface area contributed by atoms with Gasteiger partial charge in [-0.3, -0.25) is 10.1 Å². The van der Waals surface area contributed by atoms with Crippen molar-refractivity contribution in [3.05, 3.63) is 99.5 Å². The fourth-order valence-corrected chi connectivity index (χ4v) is 5.61. The number of aromatic nitrogens is 2. The summed E-state index contributed by atoms with van der Waals surface area (Å²) in [6, 6.07) is 19.2. The van der Waals surface area contributed by atoms with Crippen molar-refractivity contribution in [2.75, 3.05) is 12.9 Å². The van der Waals surface area contributed by atoms with Crippen LogP contribution in [0.15, 0.2) is 82.3 Å². The molecule has 0 aliphatic heterocycles. The van der Waals surface area contributed by atoms with Gasteiger partial charge in [0.2, 0.25) is 0 Å². The molecule has 4 aromatic carbocycles. The Morgan fingerprint density at radius 2 is 1.67 bits per heavy atom. The lowest BCUT2D eigenvalue weighted by Crippen LogP contribution is -2.39. The molecule has 11 nitrogen and oxygen atoms in total. The van der Waals surface area contributed by atoms with E-state index in [0.29, 0.717) is 44.2 Å². The maximum Gasteiger partial charge on any atom is 0.323 e. The summed E-state index contributed by atoms with van der Waals surface area (Å²) in [6.07, 6.45) is 1.15. The number of aliphatic hydroxyl groups excluding tert-OH is 1. The first kappa shape index (κ1) is 32.2. The molecule has 0 amide bonds. The summed E-state index contributed by atoms with van der Waals surface area (Å²) in [5, 5.41) is 29.8. The van der Waals surface area contributed by atoms with Crippen molar-refractivity contribution in [3.8, 4) is 22.6 Å². The zero-order valence-corrected chi connectivity index (χ0v) is 26.1. The number of aliphatic carboxylic acids is 1. The van der Waals surface area contributed by atoms with Crippen molar-refractivity contribution < 1.29 is 37.5 Å². The van der Waals surface area contributed by atoms with Gasteiger partial charge in [0, 0.05) is 35.6 Å². The van der Waals surface area contributed by atoms with Crippen LogP contribution in [0.2, 0.25) is 10.0 Å². The first-order valence-electron chi connectivity index (χ1n) is 13.5. The van der Waals surface area contributed by atoms with Crippen molar-refractivity contribution in [2.45, 2.75) is 30.7 Å². The summed E-state index contributed by atoms with van der Waals surface area (Å²) in [6.45, 7) is -0.392. The first-order chi connectivity index (χ1) is 21.5. The molecule has 0 saturated heterocycles. The second kappa shape index (κ2) is 13.8. The quantitative estimate of drug-likeness (QED) is 0.149. The Kier molecular flexibility index (Phi) is 9.90. The van der Waals surface area contributed by atoms with Gasteiger partial charge in [0.1, 0.15) is 41.8 Å². The minimum absolute atomic E-state index is 0.0328. The van der Waals surface area contributed by atoms with Gasteiger partial charge in [-0.25, -0.2) is 13.0 Å². The molecule has 14 heteroatoms. The van der Waals surface area contributed by atoms with Crippen molar-refractivity contribution in [1.29, 1.82) is 0 Å². The number of fused-ring (bicyclic) bond motifs is 1. The summed E-state index contributed by atoms with van der Waals surface area (Å²) in [5.41, 5.74) is 4.58. The highest BCUT2D eigenvalue weighted by Crippen LogP contribution is 2.36. The van der Waals surface area contributed by atoms with Crippen LogP contribution in [0.25, 0.3) is 22.2 Å². The standard InChI is InChI=1S/C31H27Cl2N3O8S/c1-45(40,41)22-8-6-19(7-9-22)23-4-2-3-20(30(23)33)17-43-29-13-28(21(12-24(29)32)14-34-27(15-37)31(38)39)42-16-18-5-10-25-26(11-18)36-44-35-25/h2-13,27,34,37H,14-17H2,1H3,(H,38,39)/t27-/m1/s1. The molecule has 234 valence electrons. The van der Waals surface area contributed by atoms with Crippen molar-refractivity contribution >= 4 is 50.0 Å². The second-order valence-corrected chi connectivity index (χ2v) is 12.9. The number of benzene rings is 4. The molecule has 0 unspecified atom stereocenters. The van der Waals surface area contributed by atoms with E-state index in [4.69, 9.17) is 37.3 Å². The highest BCUT2D eigenvalue weighted by atomic mass is 35.5. The molecule has 5 rings (SSSR count). The smallest absolute Gasteiger partial charge is 0.323 e. The molecule has 5 aromatic rings. The third-order valence-electron chi connectivity index (χ3n) is 6.90. The van der Waals surface area contributed by atoms with Gasteiger partial charge in [-0.15, -0.1) is 0 Å². The van der Waals surface area contributed by atoms with Crippen molar-refractivity contribution in [1.82, 2.24) is 15.6 Å². The topological polar surface area (TPSA) is 161 Å². The maximum absolute atomic E-state index is 11.8. The number of carboxylic acid groups (broad SMARTS) is 1. The molecule has 0 radical (unpaired) electrons. The molecular weight excluding hydrogens is 645 g/mol. The van der Waals surface area contributed by atoms with E-state index < -0.39 is 28.5 Å². The fourth-order valence-electron chi connectivity index (χ4n) is 4.45. The van der Waals surface area contributed by atoms with Gasteiger partial charge < -0.3 is 19.7 Å². The number of carboxylic acids is 1. The molecule has 1 heterocycles. The van der Waals surface area contributed by atoms with Crippen LogP contribution in [0.5, 0.6) is 11.5 Å². The molecule has 0 aliphatic carbocycles. The van der Waals surface area contributed by atoms with Crippen LogP contribution in [0, 0.1) is 0 Å². The number of halogens is 2. The lowest BCUT2D eigenvalue weighted by molar-refractivity contribution is -0.140. The summed E-state index contributed by atoms with van der Waals surface area (Å²) in [4.78, 5) is 11.6. The van der Waals surface area contributed by atoms with Crippen molar-refractivity contribution in [2.24, 2.45) is 0 Å². The van der Waals surface area contributed by atoms with Crippen LogP contribution >= 0.6 is 23.2 Å². The van der Waals surface area contributed by atoms with E-state index in [1.807, 2.05) is 18.2 Å². The summed E-state index contributed by atoms with van der Waals surface area (Å²) >= 11 is 13.3. The molecule has 1 atom stereocenters. The van der Waals surface area contributed by atoms with E-state index in [-0.39, 0.29) is 29.7 Å². The van der Waals surface area contributed by atoms with Gasteiger partial charge in [0.25, 0.3) is 0 Å². The van der Waals surface area contributed by atoms with Crippen LogP contribution in [0.1, 0.15) is 16.7 Å². The van der Waals surface area contributed by atoms with Crippen LogP contribution in [-0.2, 0) is 34.4 Å². The number of hydrogen-bond donors (Lipinski definition) is 3. The van der Waals surface area contributed by atoms with Gasteiger partial charge >= 0.3 is 5.97 Å². The van der Waals surface area contributed by atoms with Crippen LogP contribution in [0.4, 0.5) is 0 Å². The Balaban J connectivity index is 1.38. The van der Waals surface area contributed by atoms with E-state index >= 15 is 0 Å². The third kappa shape index (κ3) is 7.72. The van der Waals surface area contributed by atoms with Gasteiger partial charge in [-0.2, -0.15) is 0 Å². The molecular formula is C31H27Cl2N3O8S. The molecule has 45 heavy (non-hydrogen) atoms. The van der Waals surface area contributed by atoms with E-state index in [1.165, 1.54) is 12.1 Å². The number of carbonyl (C=O) groups is 1. The SMILES string of the molecule is CS(=O)(=O)c1ccc(-c2cccc(COc3cc(OCc4ccc5nonc5c4)c(CN[C@H](CO)C(=O)O)cc3Cl)c2Cl)cc1. The summed E-state index contributed by atoms with van der Waals surface area (Å²) < 4.78 is 40.6. The zero-order valence-electron chi connectivity index (χ0n) is 23.7. The van der Waals surface area contributed by atoms with E-state index in [9.17, 15) is 23.4 Å². The Bertz CT molecular complexity index is 1950. The van der Waals surface area contributed by atoms with Crippen molar-refractivity contribution in [3.63, 3.8) is 0 Å². The molecule has 3 N–H and O–H groups in total. The second-order valence-electron chi connectivity index (χ2n) is 10.1. The molecule has 0 spiro atoms. The Hall–Kier alpha value is -4.20. The molecule has 0 saturated carbocycles. The Morgan fingerprint density at radius 3 is 2.38 bits per heavy atom. The van der Waals surface area contributed by atoms with Gasteiger partial charge in [-0.05, 0) is 51.8 Å². The monoisotopic (exact) mass is 671 g/mol. The predicted molar refractivity (Wildman–Crippen MR) is 167 cm³/mol. The minimum Gasteiger partial charge on any atom is -0.488 e. The number of aliphatic hydroxyl groups is 1. The zero-order chi connectivity index (χ0) is 32.1. The number of rotatable bonds is 13. The third-order valence-corrected chi connectivity index (χ3v) is 8.77. The van der Waals surface area contributed by atoms with Gasteiger partial charge in [-0.1, -0.05) is 59.6 Å². The van der Waals surface area contributed by atoms with E-state index in [0.717, 1.165) is 17.4 Å². The van der Waals surface area contributed by atoms with Gasteiger partial charge in [0.05, 0.1) is 21.5 Å². The molecule has 0 fully saturated rings. The normalized spacial score (nSPS) is 12.3. The van der Waals surface area contributed by atoms with Crippen LogP contribution < -0.4 is 14.8 Å². The molecule has 0 aliphatic rings.